The molecular weight excluding hydrogens is 352 g/mol. The molecule has 2 amide bonds. The molecule has 1 heterocycles. The van der Waals surface area contributed by atoms with Crippen LogP contribution >= 0.6 is 0 Å². The molecule has 0 aliphatic heterocycles. The number of aryl methyl sites for hydroxylation is 2. The molecule has 0 radical (unpaired) electrons. The Balaban J connectivity index is 1.74. The van der Waals surface area contributed by atoms with Crippen molar-refractivity contribution < 1.29 is 14.0 Å². The van der Waals surface area contributed by atoms with E-state index in [2.05, 4.69) is 10.6 Å². The van der Waals surface area contributed by atoms with E-state index in [1.54, 1.807) is 24.3 Å². The third kappa shape index (κ3) is 5.20. The van der Waals surface area contributed by atoms with Crippen molar-refractivity contribution in [1.29, 1.82) is 0 Å². The predicted octanol–water partition coefficient (Wildman–Crippen LogP) is 3.98. The summed E-state index contributed by atoms with van der Waals surface area (Å²) in [6.07, 6.45) is 3.02. The fourth-order valence-corrected chi connectivity index (χ4v) is 2.56. The monoisotopic (exact) mass is 374 g/mol. The minimum absolute atomic E-state index is 0.118. The minimum Gasteiger partial charge on any atom is -0.465 e. The topological polar surface area (TPSA) is 71.3 Å². The fraction of sp³-hybridized carbons (Fsp3) is 0.130. The fourth-order valence-electron chi connectivity index (χ4n) is 2.56. The molecule has 0 saturated heterocycles. The van der Waals surface area contributed by atoms with Gasteiger partial charge in [-0.3, -0.25) is 9.59 Å². The molecule has 28 heavy (non-hydrogen) atoms. The summed E-state index contributed by atoms with van der Waals surface area (Å²) in [5, 5.41) is 5.52. The quantitative estimate of drug-likeness (QED) is 0.641. The van der Waals surface area contributed by atoms with Crippen LogP contribution in [0.25, 0.3) is 6.08 Å². The Kier molecular flexibility index (Phi) is 6.07. The molecule has 0 atom stereocenters. The van der Waals surface area contributed by atoms with Crippen molar-refractivity contribution in [2.75, 3.05) is 0 Å². The van der Waals surface area contributed by atoms with Crippen molar-refractivity contribution in [1.82, 2.24) is 10.6 Å². The Labute approximate surface area is 164 Å². The Hall–Kier alpha value is -3.60. The van der Waals surface area contributed by atoms with E-state index in [1.165, 1.54) is 12.3 Å². The zero-order valence-corrected chi connectivity index (χ0v) is 15.9. The van der Waals surface area contributed by atoms with Crippen LogP contribution in [0.2, 0.25) is 0 Å². The Morgan fingerprint density at radius 2 is 1.57 bits per heavy atom. The van der Waals surface area contributed by atoms with Gasteiger partial charge in [0.1, 0.15) is 11.5 Å². The Morgan fingerprint density at radius 1 is 0.929 bits per heavy atom. The highest BCUT2D eigenvalue weighted by Crippen LogP contribution is 2.09. The second-order valence-electron chi connectivity index (χ2n) is 6.56. The van der Waals surface area contributed by atoms with Crippen molar-refractivity contribution in [2.24, 2.45) is 0 Å². The number of hydrogen-bond acceptors (Lipinski definition) is 3. The van der Waals surface area contributed by atoms with Crippen molar-refractivity contribution in [3.05, 3.63) is 101 Å². The smallest absolute Gasteiger partial charge is 0.268 e. The molecular formula is C23H22N2O3. The van der Waals surface area contributed by atoms with Crippen molar-refractivity contribution in [3.63, 3.8) is 0 Å². The van der Waals surface area contributed by atoms with Gasteiger partial charge in [-0.2, -0.15) is 0 Å². The molecule has 3 rings (SSSR count). The number of carbonyl (C=O) groups is 2. The Morgan fingerprint density at radius 3 is 2.18 bits per heavy atom. The Bertz CT molecular complexity index is 970. The SMILES string of the molecule is Cc1ccc(CNC(=O)/C(=C\c2ccco2)NC(=O)c2ccc(C)cc2)cc1. The van der Waals surface area contributed by atoms with Crippen LogP contribution in [0, 0.1) is 13.8 Å². The summed E-state index contributed by atoms with van der Waals surface area (Å²) in [5.41, 5.74) is 3.77. The normalized spacial score (nSPS) is 11.1. The lowest BCUT2D eigenvalue weighted by Gasteiger charge is -2.11. The van der Waals surface area contributed by atoms with Crippen LogP contribution in [0.4, 0.5) is 0 Å². The minimum atomic E-state index is -0.391. The average molecular weight is 374 g/mol. The third-order valence-electron chi connectivity index (χ3n) is 4.21. The second kappa shape index (κ2) is 8.86. The van der Waals surface area contributed by atoms with E-state index in [1.807, 2.05) is 50.2 Å². The molecule has 0 bridgehead atoms. The van der Waals surface area contributed by atoms with E-state index in [0.717, 1.165) is 16.7 Å². The molecule has 0 fully saturated rings. The van der Waals surface area contributed by atoms with Crippen LogP contribution in [-0.4, -0.2) is 11.8 Å². The van der Waals surface area contributed by atoms with E-state index < -0.39 is 5.91 Å². The molecule has 142 valence electrons. The van der Waals surface area contributed by atoms with Crippen LogP contribution in [0.3, 0.4) is 0 Å². The summed E-state index contributed by atoms with van der Waals surface area (Å²) in [7, 11) is 0. The van der Waals surface area contributed by atoms with Gasteiger partial charge >= 0.3 is 0 Å². The van der Waals surface area contributed by atoms with Gasteiger partial charge in [-0.25, -0.2) is 0 Å². The zero-order valence-electron chi connectivity index (χ0n) is 15.9. The maximum Gasteiger partial charge on any atom is 0.268 e. The molecule has 0 unspecified atom stereocenters. The van der Waals surface area contributed by atoms with Gasteiger partial charge in [0, 0.05) is 18.2 Å². The number of rotatable bonds is 6. The summed E-state index contributed by atoms with van der Waals surface area (Å²) in [6, 6.07) is 18.5. The van der Waals surface area contributed by atoms with Crippen LogP contribution in [0.5, 0.6) is 0 Å². The van der Waals surface area contributed by atoms with Gasteiger partial charge in [-0.1, -0.05) is 47.5 Å². The largest absolute Gasteiger partial charge is 0.465 e. The third-order valence-corrected chi connectivity index (χ3v) is 4.21. The van der Waals surface area contributed by atoms with Gasteiger partial charge in [0.2, 0.25) is 0 Å². The standard InChI is InChI=1S/C23H22N2O3/c1-16-5-9-18(10-6-16)15-24-23(27)21(14-20-4-3-13-28-20)25-22(26)19-11-7-17(2)8-12-19/h3-14H,15H2,1-2H3,(H,24,27)(H,25,26)/b21-14+. The molecule has 5 heteroatoms. The summed E-state index contributed by atoms with van der Waals surface area (Å²) in [4.78, 5) is 25.2. The number of nitrogens with one attached hydrogen (secondary N) is 2. The number of furan rings is 1. The number of amides is 2. The van der Waals surface area contributed by atoms with E-state index in [0.29, 0.717) is 17.9 Å². The van der Waals surface area contributed by atoms with E-state index >= 15 is 0 Å². The summed E-state index contributed by atoms with van der Waals surface area (Å²) in [6.45, 7) is 4.31. The van der Waals surface area contributed by atoms with E-state index in [4.69, 9.17) is 4.42 Å². The van der Waals surface area contributed by atoms with Gasteiger partial charge in [0.25, 0.3) is 11.8 Å². The van der Waals surface area contributed by atoms with E-state index in [-0.39, 0.29) is 11.6 Å². The number of hydrogen-bond donors (Lipinski definition) is 2. The molecule has 0 saturated carbocycles. The lowest BCUT2D eigenvalue weighted by Crippen LogP contribution is -2.34. The van der Waals surface area contributed by atoms with Crippen LogP contribution < -0.4 is 10.6 Å². The first kappa shape index (κ1) is 19.2. The predicted molar refractivity (Wildman–Crippen MR) is 108 cm³/mol. The van der Waals surface area contributed by atoms with Gasteiger partial charge in [0.15, 0.2) is 0 Å². The van der Waals surface area contributed by atoms with Crippen molar-refractivity contribution in [2.45, 2.75) is 20.4 Å². The lowest BCUT2D eigenvalue weighted by atomic mass is 10.1. The molecule has 3 aromatic rings. The summed E-state index contributed by atoms with van der Waals surface area (Å²) in [5.74, 6) is -0.273. The molecule has 2 N–H and O–H groups in total. The maximum atomic E-state index is 12.7. The van der Waals surface area contributed by atoms with Gasteiger partial charge in [-0.15, -0.1) is 0 Å². The molecule has 1 aromatic heterocycles. The van der Waals surface area contributed by atoms with Crippen molar-refractivity contribution in [3.8, 4) is 0 Å². The maximum absolute atomic E-state index is 12.7. The van der Waals surface area contributed by atoms with Crippen molar-refractivity contribution >= 4 is 17.9 Å². The van der Waals surface area contributed by atoms with Crippen LogP contribution in [-0.2, 0) is 11.3 Å². The average Bonchev–Trinajstić information content (AvgIpc) is 3.20. The zero-order chi connectivity index (χ0) is 19.9. The molecule has 0 spiro atoms. The van der Waals surface area contributed by atoms with Crippen LogP contribution in [0.15, 0.2) is 77.0 Å². The van der Waals surface area contributed by atoms with Gasteiger partial charge in [-0.05, 0) is 43.7 Å². The first-order chi connectivity index (χ1) is 13.5. The second-order valence-corrected chi connectivity index (χ2v) is 6.56. The molecule has 0 aliphatic carbocycles. The first-order valence-electron chi connectivity index (χ1n) is 8.98. The van der Waals surface area contributed by atoms with Gasteiger partial charge < -0.3 is 15.1 Å². The number of carbonyl (C=O) groups excluding carboxylic acids is 2. The summed E-state index contributed by atoms with van der Waals surface area (Å²) < 4.78 is 5.29. The highest BCUT2D eigenvalue weighted by atomic mass is 16.3. The summed E-state index contributed by atoms with van der Waals surface area (Å²) >= 11 is 0. The van der Waals surface area contributed by atoms with Gasteiger partial charge in [0.05, 0.1) is 6.26 Å². The lowest BCUT2D eigenvalue weighted by molar-refractivity contribution is -0.117. The molecule has 2 aromatic carbocycles. The molecule has 0 aliphatic rings. The number of benzene rings is 2. The van der Waals surface area contributed by atoms with Crippen LogP contribution in [0.1, 0.15) is 32.8 Å². The highest BCUT2D eigenvalue weighted by molar-refractivity contribution is 6.05. The molecule has 5 nitrogen and oxygen atoms in total. The highest BCUT2D eigenvalue weighted by Gasteiger charge is 2.15. The first-order valence-corrected chi connectivity index (χ1v) is 8.98. The van der Waals surface area contributed by atoms with E-state index in [9.17, 15) is 9.59 Å².